The molecule has 2 aromatic carbocycles. The average molecular weight is 417 g/mol. The van der Waals surface area contributed by atoms with E-state index in [2.05, 4.69) is 43.8 Å². The van der Waals surface area contributed by atoms with Crippen LogP contribution in [0.4, 0.5) is 11.4 Å². The third-order valence-corrected chi connectivity index (χ3v) is 3.71. The standard InChI is InChI=1S/C13H10BrIN2O/c14-11-6-3-9(15)7-12(11)17-13(18)8-1-4-10(16)5-2-8/h1-7H,16H2,(H,17,18). The van der Waals surface area contributed by atoms with Crippen LogP contribution in [0.3, 0.4) is 0 Å². The fraction of sp³-hybridized carbons (Fsp3) is 0. The molecule has 0 heterocycles. The quantitative estimate of drug-likeness (QED) is 0.576. The summed E-state index contributed by atoms with van der Waals surface area (Å²) in [5.74, 6) is -0.155. The molecule has 2 aromatic rings. The summed E-state index contributed by atoms with van der Waals surface area (Å²) in [6.45, 7) is 0. The van der Waals surface area contributed by atoms with Crippen LogP contribution in [0.15, 0.2) is 46.9 Å². The third kappa shape index (κ3) is 3.23. The van der Waals surface area contributed by atoms with Gasteiger partial charge in [-0.15, -0.1) is 0 Å². The SMILES string of the molecule is Nc1ccc(C(=O)Nc2cc(I)ccc2Br)cc1. The van der Waals surface area contributed by atoms with Gasteiger partial charge in [-0.3, -0.25) is 4.79 Å². The number of hydrogen-bond acceptors (Lipinski definition) is 2. The van der Waals surface area contributed by atoms with Gasteiger partial charge in [-0.1, -0.05) is 0 Å². The average Bonchev–Trinajstić information content (AvgIpc) is 2.34. The molecule has 0 radical (unpaired) electrons. The third-order valence-electron chi connectivity index (χ3n) is 2.35. The van der Waals surface area contributed by atoms with Crippen molar-refractivity contribution in [1.29, 1.82) is 0 Å². The van der Waals surface area contributed by atoms with E-state index in [-0.39, 0.29) is 5.91 Å². The van der Waals surface area contributed by atoms with E-state index in [4.69, 9.17) is 5.73 Å². The van der Waals surface area contributed by atoms with Gasteiger partial charge in [0.05, 0.1) is 5.69 Å². The number of hydrogen-bond donors (Lipinski definition) is 2. The van der Waals surface area contributed by atoms with Crippen molar-refractivity contribution in [3.8, 4) is 0 Å². The van der Waals surface area contributed by atoms with Gasteiger partial charge in [-0.05, 0) is 81.0 Å². The van der Waals surface area contributed by atoms with Gasteiger partial charge in [0.1, 0.15) is 0 Å². The van der Waals surface area contributed by atoms with E-state index in [1.807, 2.05) is 18.2 Å². The zero-order valence-electron chi connectivity index (χ0n) is 9.28. The molecule has 0 aliphatic carbocycles. The molecule has 0 spiro atoms. The van der Waals surface area contributed by atoms with Crippen LogP contribution >= 0.6 is 38.5 Å². The highest BCUT2D eigenvalue weighted by Gasteiger charge is 2.08. The number of carbonyl (C=O) groups is 1. The van der Waals surface area contributed by atoms with E-state index in [0.717, 1.165) is 13.7 Å². The predicted molar refractivity (Wildman–Crippen MR) is 85.7 cm³/mol. The molecule has 0 aliphatic rings. The van der Waals surface area contributed by atoms with E-state index < -0.39 is 0 Å². The van der Waals surface area contributed by atoms with Gasteiger partial charge in [0.15, 0.2) is 0 Å². The second kappa shape index (κ2) is 5.71. The Hall–Kier alpha value is -1.08. The van der Waals surface area contributed by atoms with E-state index in [1.54, 1.807) is 24.3 Å². The summed E-state index contributed by atoms with van der Waals surface area (Å²) in [5, 5.41) is 2.86. The maximum Gasteiger partial charge on any atom is 0.255 e. The molecule has 0 bridgehead atoms. The van der Waals surface area contributed by atoms with Crippen molar-refractivity contribution in [3.63, 3.8) is 0 Å². The second-order valence-corrected chi connectivity index (χ2v) is 5.80. The Labute approximate surface area is 127 Å². The van der Waals surface area contributed by atoms with Gasteiger partial charge in [0, 0.05) is 19.3 Å². The highest BCUT2D eigenvalue weighted by atomic mass is 127. The number of amides is 1. The molecule has 1 amide bonds. The summed E-state index contributed by atoms with van der Waals surface area (Å²) in [6.07, 6.45) is 0. The molecule has 92 valence electrons. The lowest BCUT2D eigenvalue weighted by atomic mass is 10.2. The first kappa shape index (κ1) is 13.4. The largest absolute Gasteiger partial charge is 0.399 e. The molecular weight excluding hydrogens is 407 g/mol. The van der Waals surface area contributed by atoms with Crippen molar-refractivity contribution in [2.75, 3.05) is 11.1 Å². The number of nitrogen functional groups attached to an aromatic ring is 1. The van der Waals surface area contributed by atoms with Gasteiger partial charge < -0.3 is 11.1 Å². The number of benzene rings is 2. The van der Waals surface area contributed by atoms with E-state index in [9.17, 15) is 4.79 Å². The van der Waals surface area contributed by atoms with Crippen molar-refractivity contribution in [3.05, 3.63) is 56.1 Å². The van der Waals surface area contributed by atoms with Crippen molar-refractivity contribution < 1.29 is 4.79 Å². The van der Waals surface area contributed by atoms with Gasteiger partial charge in [0.2, 0.25) is 0 Å². The first-order valence-corrected chi connectivity index (χ1v) is 7.05. The maximum absolute atomic E-state index is 12.0. The Morgan fingerprint density at radius 2 is 1.83 bits per heavy atom. The molecule has 0 aliphatic heterocycles. The normalized spacial score (nSPS) is 10.1. The Morgan fingerprint density at radius 3 is 2.50 bits per heavy atom. The van der Waals surface area contributed by atoms with Gasteiger partial charge >= 0.3 is 0 Å². The van der Waals surface area contributed by atoms with E-state index in [0.29, 0.717) is 11.3 Å². The number of nitrogens with one attached hydrogen (secondary N) is 1. The Morgan fingerprint density at radius 1 is 1.17 bits per heavy atom. The lowest BCUT2D eigenvalue weighted by Crippen LogP contribution is -2.12. The summed E-state index contributed by atoms with van der Waals surface area (Å²) in [6, 6.07) is 12.6. The summed E-state index contributed by atoms with van der Waals surface area (Å²) >= 11 is 5.60. The van der Waals surface area contributed by atoms with Crippen LogP contribution in [-0.4, -0.2) is 5.91 Å². The van der Waals surface area contributed by atoms with Crippen molar-refractivity contribution in [2.24, 2.45) is 0 Å². The Kier molecular flexibility index (Phi) is 4.23. The summed E-state index contributed by atoms with van der Waals surface area (Å²) in [4.78, 5) is 12.0. The molecular formula is C13H10BrIN2O. The Balaban J connectivity index is 2.21. The lowest BCUT2D eigenvalue weighted by molar-refractivity contribution is 0.102. The number of anilines is 2. The zero-order chi connectivity index (χ0) is 13.1. The van der Waals surface area contributed by atoms with Crippen LogP contribution in [0.5, 0.6) is 0 Å². The highest BCUT2D eigenvalue weighted by Crippen LogP contribution is 2.25. The lowest BCUT2D eigenvalue weighted by Gasteiger charge is -2.08. The van der Waals surface area contributed by atoms with Crippen molar-refractivity contribution in [1.82, 2.24) is 0 Å². The number of carbonyl (C=O) groups excluding carboxylic acids is 1. The smallest absolute Gasteiger partial charge is 0.255 e. The van der Waals surface area contributed by atoms with Crippen LogP contribution < -0.4 is 11.1 Å². The highest BCUT2D eigenvalue weighted by molar-refractivity contribution is 14.1. The second-order valence-electron chi connectivity index (χ2n) is 3.70. The van der Waals surface area contributed by atoms with Crippen LogP contribution in [0.25, 0.3) is 0 Å². The van der Waals surface area contributed by atoms with Gasteiger partial charge in [0.25, 0.3) is 5.91 Å². The zero-order valence-corrected chi connectivity index (χ0v) is 13.0. The minimum atomic E-state index is -0.155. The van der Waals surface area contributed by atoms with Crippen LogP contribution in [-0.2, 0) is 0 Å². The topological polar surface area (TPSA) is 55.1 Å². The number of halogens is 2. The Bertz CT molecular complexity index is 584. The molecule has 18 heavy (non-hydrogen) atoms. The first-order chi connectivity index (χ1) is 8.56. The summed E-state index contributed by atoms with van der Waals surface area (Å²) in [5.41, 5.74) is 7.56. The summed E-state index contributed by atoms with van der Waals surface area (Å²) < 4.78 is 1.91. The molecule has 2 rings (SSSR count). The van der Waals surface area contributed by atoms with Gasteiger partial charge in [-0.25, -0.2) is 0 Å². The molecule has 3 nitrogen and oxygen atoms in total. The molecule has 0 saturated heterocycles. The van der Waals surface area contributed by atoms with E-state index in [1.165, 1.54) is 0 Å². The van der Waals surface area contributed by atoms with Crippen molar-refractivity contribution >= 4 is 55.8 Å². The number of nitrogens with two attached hydrogens (primary N) is 1. The minimum Gasteiger partial charge on any atom is -0.399 e. The van der Waals surface area contributed by atoms with Crippen LogP contribution in [0.1, 0.15) is 10.4 Å². The monoisotopic (exact) mass is 416 g/mol. The molecule has 3 N–H and O–H groups in total. The van der Waals surface area contributed by atoms with Crippen LogP contribution in [0, 0.1) is 3.57 Å². The number of rotatable bonds is 2. The molecule has 5 heteroatoms. The first-order valence-electron chi connectivity index (χ1n) is 5.18. The van der Waals surface area contributed by atoms with Crippen molar-refractivity contribution in [2.45, 2.75) is 0 Å². The fourth-order valence-electron chi connectivity index (χ4n) is 1.42. The van der Waals surface area contributed by atoms with E-state index >= 15 is 0 Å². The molecule has 0 fully saturated rings. The molecule has 0 saturated carbocycles. The molecule has 0 aromatic heterocycles. The van der Waals surface area contributed by atoms with Gasteiger partial charge in [-0.2, -0.15) is 0 Å². The fourth-order valence-corrected chi connectivity index (χ4v) is 2.26. The maximum atomic E-state index is 12.0. The molecule has 0 atom stereocenters. The minimum absolute atomic E-state index is 0.155. The predicted octanol–water partition coefficient (Wildman–Crippen LogP) is 3.89. The molecule has 0 unspecified atom stereocenters. The summed E-state index contributed by atoms with van der Waals surface area (Å²) in [7, 11) is 0. The van der Waals surface area contributed by atoms with Crippen LogP contribution in [0.2, 0.25) is 0 Å².